The lowest BCUT2D eigenvalue weighted by molar-refractivity contribution is 0.377. The summed E-state index contributed by atoms with van der Waals surface area (Å²) in [5, 5.41) is 13.0. The van der Waals surface area contributed by atoms with Crippen LogP contribution in [0.2, 0.25) is 0 Å². The number of methoxy groups -OCH3 is 1. The maximum atomic E-state index is 9.20. The molecule has 118 valence electrons. The molecule has 22 heavy (non-hydrogen) atoms. The number of hydrogen-bond donors (Lipinski definition) is 1. The first-order chi connectivity index (χ1) is 10.3. The Morgan fingerprint density at radius 2 is 2.36 bits per heavy atom. The Balaban J connectivity index is 0.00000242. The summed E-state index contributed by atoms with van der Waals surface area (Å²) >= 11 is 1.54. The van der Waals surface area contributed by atoms with Crippen LogP contribution in [-0.2, 0) is 0 Å². The molecule has 1 unspecified atom stereocenters. The molecular formula is C14H17ClN4O2S. The van der Waals surface area contributed by atoms with Crippen LogP contribution >= 0.6 is 24.2 Å². The highest BCUT2D eigenvalue weighted by Gasteiger charge is 2.19. The molecule has 0 saturated carbocycles. The molecule has 6 nitrogen and oxygen atoms in total. The largest absolute Gasteiger partial charge is 0.481 e. The van der Waals surface area contributed by atoms with Gasteiger partial charge in [-0.3, -0.25) is 0 Å². The summed E-state index contributed by atoms with van der Waals surface area (Å²) in [6.45, 7) is 0.607. The molecule has 0 fully saturated rings. The number of nitrogens with zero attached hydrogens (tertiary/aromatic N) is 3. The minimum atomic E-state index is 0. The number of pyridine rings is 1. The monoisotopic (exact) mass is 340 g/mol. The SMILES string of the molecule is COc1cc(SC(CCCN)c2ccno2)c(C#N)cn1.Cl. The predicted molar refractivity (Wildman–Crippen MR) is 86.1 cm³/mol. The van der Waals surface area contributed by atoms with Gasteiger partial charge in [-0.2, -0.15) is 5.26 Å². The van der Waals surface area contributed by atoms with Crippen molar-refractivity contribution in [2.24, 2.45) is 5.73 Å². The fourth-order valence-corrected chi connectivity index (χ4v) is 3.04. The Hall–Kier alpha value is -1.75. The average Bonchev–Trinajstić information content (AvgIpc) is 3.05. The first-order valence-corrected chi connectivity index (χ1v) is 7.38. The van der Waals surface area contributed by atoms with Gasteiger partial charge in [0, 0.05) is 23.2 Å². The summed E-state index contributed by atoms with van der Waals surface area (Å²) in [5.74, 6) is 1.25. The van der Waals surface area contributed by atoms with Gasteiger partial charge < -0.3 is 15.0 Å². The van der Waals surface area contributed by atoms with Crippen LogP contribution in [0.5, 0.6) is 5.88 Å². The Kier molecular flexibility index (Phi) is 7.74. The van der Waals surface area contributed by atoms with Gasteiger partial charge in [0.25, 0.3) is 0 Å². The van der Waals surface area contributed by atoms with Crippen molar-refractivity contribution in [3.8, 4) is 11.9 Å². The molecule has 0 radical (unpaired) electrons. The van der Waals surface area contributed by atoms with Crippen molar-refractivity contribution in [3.05, 3.63) is 35.9 Å². The standard InChI is InChI=1S/C14H16N4O2S.ClH/c1-19-14-7-13(10(8-16)9-17-14)21-12(3-2-5-15)11-4-6-18-20-11;/h4,6-7,9,12H,2-3,5,15H2,1H3;1H. The van der Waals surface area contributed by atoms with Crippen molar-refractivity contribution in [2.45, 2.75) is 23.0 Å². The topological polar surface area (TPSA) is 98.0 Å². The molecule has 0 spiro atoms. The number of nitrogens with two attached hydrogens (primary N) is 1. The Morgan fingerprint density at radius 3 is 2.95 bits per heavy atom. The Labute approximate surface area is 139 Å². The molecule has 2 heterocycles. The highest BCUT2D eigenvalue weighted by molar-refractivity contribution is 7.99. The van der Waals surface area contributed by atoms with Crippen molar-refractivity contribution in [2.75, 3.05) is 13.7 Å². The number of halogens is 1. The lowest BCUT2D eigenvalue weighted by Crippen LogP contribution is -2.02. The van der Waals surface area contributed by atoms with Gasteiger partial charge in [-0.15, -0.1) is 24.2 Å². The molecule has 2 rings (SSSR count). The molecule has 0 aliphatic heterocycles. The highest BCUT2D eigenvalue weighted by Crippen LogP contribution is 2.40. The molecule has 0 aliphatic rings. The van der Waals surface area contributed by atoms with Crippen LogP contribution in [0.3, 0.4) is 0 Å². The number of ether oxygens (including phenoxy) is 1. The van der Waals surface area contributed by atoms with Gasteiger partial charge in [-0.05, 0) is 19.4 Å². The van der Waals surface area contributed by atoms with E-state index < -0.39 is 0 Å². The molecular weight excluding hydrogens is 324 g/mol. The Bertz CT molecular complexity index is 616. The summed E-state index contributed by atoms with van der Waals surface area (Å²) in [6, 6.07) is 5.73. The second-order valence-corrected chi connectivity index (χ2v) is 5.53. The van der Waals surface area contributed by atoms with E-state index in [0.29, 0.717) is 18.0 Å². The molecule has 0 saturated heterocycles. The van der Waals surface area contributed by atoms with Gasteiger partial charge in [-0.25, -0.2) is 4.98 Å². The van der Waals surface area contributed by atoms with E-state index in [1.807, 2.05) is 6.07 Å². The van der Waals surface area contributed by atoms with Crippen molar-refractivity contribution >= 4 is 24.2 Å². The van der Waals surface area contributed by atoms with Crippen LogP contribution in [-0.4, -0.2) is 23.8 Å². The summed E-state index contributed by atoms with van der Waals surface area (Å²) in [6.07, 6.45) is 4.83. The minimum absolute atomic E-state index is 0. The van der Waals surface area contributed by atoms with Crippen LogP contribution in [0.1, 0.15) is 29.4 Å². The quantitative estimate of drug-likeness (QED) is 0.773. The van der Waals surface area contributed by atoms with Crippen molar-refractivity contribution < 1.29 is 9.26 Å². The zero-order valence-corrected chi connectivity index (χ0v) is 13.7. The summed E-state index contributed by atoms with van der Waals surface area (Å²) in [5.41, 5.74) is 6.10. The van der Waals surface area contributed by atoms with E-state index in [1.54, 1.807) is 19.4 Å². The third kappa shape index (κ3) is 4.63. The van der Waals surface area contributed by atoms with Crippen LogP contribution in [0, 0.1) is 11.3 Å². The smallest absolute Gasteiger partial charge is 0.214 e. The van der Waals surface area contributed by atoms with Crippen molar-refractivity contribution in [1.29, 1.82) is 5.26 Å². The lowest BCUT2D eigenvalue weighted by Gasteiger charge is -2.14. The molecule has 0 aromatic carbocycles. The average molecular weight is 341 g/mol. The Morgan fingerprint density at radius 1 is 1.55 bits per heavy atom. The highest BCUT2D eigenvalue weighted by atomic mass is 35.5. The van der Waals surface area contributed by atoms with E-state index >= 15 is 0 Å². The van der Waals surface area contributed by atoms with E-state index in [2.05, 4.69) is 16.2 Å². The maximum absolute atomic E-state index is 9.20. The van der Waals surface area contributed by atoms with E-state index in [1.165, 1.54) is 18.0 Å². The van der Waals surface area contributed by atoms with Gasteiger partial charge in [-0.1, -0.05) is 5.16 Å². The van der Waals surface area contributed by atoms with E-state index in [0.717, 1.165) is 23.5 Å². The zero-order chi connectivity index (χ0) is 15.1. The molecule has 2 aromatic rings. The number of aromatic nitrogens is 2. The zero-order valence-electron chi connectivity index (χ0n) is 12.1. The molecule has 0 aliphatic carbocycles. The van der Waals surface area contributed by atoms with Crippen LogP contribution < -0.4 is 10.5 Å². The third-order valence-electron chi connectivity index (χ3n) is 2.89. The van der Waals surface area contributed by atoms with Crippen LogP contribution in [0.25, 0.3) is 0 Å². The first-order valence-electron chi connectivity index (χ1n) is 6.50. The van der Waals surface area contributed by atoms with Crippen molar-refractivity contribution in [1.82, 2.24) is 10.1 Å². The maximum Gasteiger partial charge on any atom is 0.214 e. The second kappa shape index (κ2) is 9.30. The molecule has 1 atom stereocenters. The summed E-state index contributed by atoms with van der Waals surface area (Å²) < 4.78 is 10.4. The van der Waals surface area contributed by atoms with Gasteiger partial charge in [0.1, 0.15) is 11.8 Å². The fraction of sp³-hybridized carbons (Fsp3) is 0.357. The molecule has 0 bridgehead atoms. The first kappa shape index (κ1) is 18.3. The van der Waals surface area contributed by atoms with Gasteiger partial charge in [0.15, 0.2) is 0 Å². The minimum Gasteiger partial charge on any atom is -0.481 e. The van der Waals surface area contributed by atoms with Gasteiger partial charge in [0.05, 0.1) is 24.1 Å². The van der Waals surface area contributed by atoms with Crippen molar-refractivity contribution in [3.63, 3.8) is 0 Å². The number of rotatable bonds is 7. The predicted octanol–water partition coefficient (Wildman–Crippen LogP) is 2.94. The van der Waals surface area contributed by atoms with Gasteiger partial charge >= 0.3 is 0 Å². The normalized spacial score (nSPS) is 11.3. The molecule has 0 amide bonds. The molecule has 8 heteroatoms. The number of hydrogen-bond acceptors (Lipinski definition) is 7. The second-order valence-electron chi connectivity index (χ2n) is 4.29. The van der Waals surface area contributed by atoms with E-state index in [-0.39, 0.29) is 17.7 Å². The van der Waals surface area contributed by atoms with E-state index in [4.69, 9.17) is 15.0 Å². The van der Waals surface area contributed by atoms with Gasteiger partial charge in [0.2, 0.25) is 5.88 Å². The number of nitriles is 1. The third-order valence-corrected chi connectivity index (χ3v) is 4.23. The van der Waals surface area contributed by atoms with E-state index in [9.17, 15) is 5.26 Å². The van der Waals surface area contributed by atoms with Crippen LogP contribution in [0.15, 0.2) is 33.9 Å². The fourth-order valence-electron chi connectivity index (χ4n) is 1.82. The molecule has 2 N–H and O–H groups in total. The number of thioether (sulfide) groups is 1. The lowest BCUT2D eigenvalue weighted by atomic mass is 10.2. The van der Waals surface area contributed by atoms with Crippen LogP contribution in [0.4, 0.5) is 0 Å². The summed E-state index contributed by atoms with van der Waals surface area (Å²) in [4.78, 5) is 4.86. The summed E-state index contributed by atoms with van der Waals surface area (Å²) in [7, 11) is 1.55. The molecule has 2 aromatic heterocycles.